The molecule has 0 unspecified atom stereocenters. The van der Waals surface area contributed by atoms with E-state index in [1.165, 1.54) is 98.0 Å². The largest absolute Gasteiger partial charge is 0.0757 e. The van der Waals surface area contributed by atoms with E-state index >= 15 is 0 Å². The second kappa shape index (κ2) is 13.5. The molecule has 248 valence electrons. The standard InChI is InChI=1S/C50H34.C2H6/c1-2-16-36-29-37(28-27-33(36)13-1)49-45-21-7-9-23-47(45)50(48-24-10-8-22-46(48)49)40-31-38(43-25-11-17-34-14-3-5-19-41(34)43)30-39(32-40)44-26-12-18-35-15-4-6-20-42(35)44;1-2/h1-7,9,11-32H,8,10H2;1-2H3. The van der Waals surface area contributed by atoms with Gasteiger partial charge in [-0.15, -0.1) is 0 Å². The lowest BCUT2D eigenvalue weighted by Gasteiger charge is -2.20. The predicted octanol–water partition coefficient (Wildman–Crippen LogP) is 13.3. The van der Waals surface area contributed by atoms with Crippen LogP contribution in [0.4, 0.5) is 0 Å². The van der Waals surface area contributed by atoms with Gasteiger partial charge in [0.1, 0.15) is 0 Å². The summed E-state index contributed by atoms with van der Waals surface area (Å²) in [5, 5.41) is 12.9. The monoisotopic (exact) mass is 664 g/mol. The van der Waals surface area contributed by atoms with Gasteiger partial charge in [-0.25, -0.2) is 0 Å². The van der Waals surface area contributed by atoms with Crippen molar-refractivity contribution < 1.29 is 0 Å². The summed E-state index contributed by atoms with van der Waals surface area (Å²) in [6.07, 6.45) is 7.05. The molecule has 1 aliphatic carbocycles. The summed E-state index contributed by atoms with van der Waals surface area (Å²) in [7, 11) is 0. The van der Waals surface area contributed by atoms with Crippen molar-refractivity contribution in [3.63, 3.8) is 0 Å². The molecule has 0 aromatic heterocycles. The van der Waals surface area contributed by atoms with Crippen molar-refractivity contribution in [2.24, 2.45) is 0 Å². The minimum absolute atomic E-state index is 1.04. The van der Waals surface area contributed by atoms with Crippen LogP contribution in [-0.2, 0) is 0 Å². The first-order valence-electron chi connectivity index (χ1n) is 18.7. The second-order valence-electron chi connectivity index (χ2n) is 13.5. The maximum atomic E-state index is 2.49. The maximum absolute atomic E-state index is 2.49. The summed E-state index contributed by atoms with van der Waals surface area (Å²) < 4.78 is 0. The van der Waals surface area contributed by atoms with E-state index in [0.29, 0.717) is 0 Å². The highest BCUT2D eigenvalue weighted by Crippen LogP contribution is 2.40. The summed E-state index contributed by atoms with van der Waals surface area (Å²) in [6, 6.07) is 62.9. The first-order chi connectivity index (χ1) is 25.8. The van der Waals surface area contributed by atoms with E-state index in [1.807, 2.05) is 13.8 Å². The smallest absolute Gasteiger partial charge is 0.00293 e. The number of benzene rings is 9. The van der Waals surface area contributed by atoms with E-state index < -0.39 is 0 Å². The van der Waals surface area contributed by atoms with Gasteiger partial charge in [0, 0.05) is 0 Å². The van der Waals surface area contributed by atoms with Crippen LogP contribution in [-0.4, -0.2) is 0 Å². The zero-order valence-electron chi connectivity index (χ0n) is 29.7. The molecule has 52 heavy (non-hydrogen) atoms. The molecule has 0 nitrogen and oxygen atoms in total. The predicted molar refractivity (Wildman–Crippen MR) is 227 cm³/mol. The van der Waals surface area contributed by atoms with Gasteiger partial charge in [-0.2, -0.15) is 0 Å². The Hall–Kier alpha value is -6.24. The Morgan fingerprint density at radius 3 is 1.29 bits per heavy atom. The molecule has 0 saturated carbocycles. The van der Waals surface area contributed by atoms with Gasteiger partial charge < -0.3 is 0 Å². The van der Waals surface area contributed by atoms with E-state index in [0.717, 1.165) is 12.8 Å². The van der Waals surface area contributed by atoms with Gasteiger partial charge in [0.25, 0.3) is 0 Å². The van der Waals surface area contributed by atoms with Crippen LogP contribution >= 0.6 is 0 Å². The minimum Gasteiger partial charge on any atom is -0.0757 e. The third-order valence-corrected chi connectivity index (χ3v) is 10.6. The van der Waals surface area contributed by atoms with Crippen molar-refractivity contribution in [2.45, 2.75) is 26.7 Å². The SMILES string of the molecule is C1=c2c(-c3cc(-c4cccc5ccccc45)cc(-c4cccc5ccccc45)c3)c3ccccc3c(-c3ccc4ccccc4c3)c2=CCC1.CC. The molecule has 9 aromatic rings. The van der Waals surface area contributed by atoms with E-state index in [-0.39, 0.29) is 0 Å². The molecule has 0 amide bonds. The van der Waals surface area contributed by atoms with Crippen molar-refractivity contribution in [3.8, 4) is 44.5 Å². The van der Waals surface area contributed by atoms with Gasteiger partial charge in [-0.1, -0.05) is 172 Å². The third kappa shape index (κ3) is 5.40. The first kappa shape index (κ1) is 31.7. The van der Waals surface area contributed by atoms with Crippen LogP contribution in [0.15, 0.2) is 170 Å². The van der Waals surface area contributed by atoms with Gasteiger partial charge in [-0.3, -0.25) is 0 Å². The first-order valence-corrected chi connectivity index (χ1v) is 18.7. The molecular formula is C52H40. The molecule has 0 N–H and O–H groups in total. The van der Waals surface area contributed by atoms with Crippen molar-refractivity contribution >= 4 is 55.2 Å². The molecule has 0 bridgehead atoms. The van der Waals surface area contributed by atoms with E-state index in [2.05, 4.69) is 182 Å². The molecule has 0 heteroatoms. The van der Waals surface area contributed by atoms with Gasteiger partial charge in [0.15, 0.2) is 0 Å². The molecule has 9 aromatic carbocycles. The molecule has 0 radical (unpaired) electrons. The Labute approximate surface area is 305 Å². The zero-order valence-corrected chi connectivity index (χ0v) is 29.7. The lowest BCUT2D eigenvalue weighted by Crippen LogP contribution is -2.31. The van der Waals surface area contributed by atoms with Crippen molar-refractivity contribution in [1.82, 2.24) is 0 Å². The van der Waals surface area contributed by atoms with Crippen molar-refractivity contribution in [3.05, 3.63) is 180 Å². The third-order valence-electron chi connectivity index (χ3n) is 10.6. The van der Waals surface area contributed by atoms with Crippen molar-refractivity contribution in [2.75, 3.05) is 0 Å². The van der Waals surface area contributed by atoms with Crippen LogP contribution in [0.2, 0.25) is 0 Å². The molecule has 10 rings (SSSR count). The highest BCUT2D eigenvalue weighted by Gasteiger charge is 2.18. The Morgan fingerprint density at radius 2 is 0.731 bits per heavy atom. The van der Waals surface area contributed by atoms with Crippen LogP contribution in [0.5, 0.6) is 0 Å². The molecule has 0 fully saturated rings. The Kier molecular flexibility index (Phi) is 8.22. The van der Waals surface area contributed by atoms with Crippen molar-refractivity contribution in [1.29, 1.82) is 0 Å². The van der Waals surface area contributed by atoms with Gasteiger partial charge in [0.2, 0.25) is 0 Å². The Morgan fingerprint density at radius 1 is 0.308 bits per heavy atom. The van der Waals surface area contributed by atoms with Crippen LogP contribution in [0.1, 0.15) is 26.7 Å². The number of fused-ring (bicyclic) bond motifs is 5. The summed E-state index contributed by atoms with van der Waals surface area (Å²) in [4.78, 5) is 0. The summed E-state index contributed by atoms with van der Waals surface area (Å²) in [6.45, 7) is 4.00. The molecule has 0 heterocycles. The Bertz CT molecular complexity index is 2820. The summed E-state index contributed by atoms with van der Waals surface area (Å²) in [5.41, 5.74) is 10.2. The molecule has 0 atom stereocenters. The molecule has 0 aliphatic heterocycles. The van der Waals surface area contributed by atoms with E-state index in [4.69, 9.17) is 0 Å². The summed E-state index contributed by atoms with van der Waals surface area (Å²) in [5.74, 6) is 0. The molecule has 0 saturated heterocycles. The van der Waals surface area contributed by atoms with Gasteiger partial charge in [-0.05, 0) is 135 Å². The van der Waals surface area contributed by atoms with Gasteiger partial charge in [0.05, 0.1) is 0 Å². The fraction of sp³-hybridized carbons (Fsp3) is 0.0769. The van der Waals surface area contributed by atoms with Crippen LogP contribution in [0, 0.1) is 0 Å². The number of hydrogen-bond donors (Lipinski definition) is 0. The molecule has 0 spiro atoms. The summed E-state index contributed by atoms with van der Waals surface area (Å²) >= 11 is 0. The maximum Gasteiger partial charge on any atom is -0.00293 e. The second-order valence-corrected chi connectivity index (χ2v) is 13.5. The average Bonchev–Trinajstić information content (AvgIpc) is 3.22. The number of rotatable bonds is 4. The normalized spacial score (nSPS) is 12.2. The zero-order chi connectivity index (χ0) is 35.0. The van der Waals surface area contributed by atoms with Crippen LogP contribution < -0.4 is 10.4 Å². The molecular weight excluding hydrogens is 625 g/mol. The minimum atomic E-state index is 1.04. The fourth-order valence-corrected chi connectivity index (χ4v) is 8.36. The highest BCUT2D eigenvalue weighted by atomic mass is 14.2. The molecule has 1 aliphatic rings. The van der Waals surface area contributed by atoms with E-state index in [1.54, 1.807) is 0 Å². The van der Waals surface area contributed by atoms with E-state index in [9.17, 15) is 0 Å². The quantitative estimate of drug-likeness (QED) is 0.176. The van der Waals surface area contributed by atoms with Gasteiger partial charge >= 0.3 is 0 Å². The average molecular weight is 665 g/mol. The fourth-order valence-electron chi connectivity index (χ4n) is 8.36. The lowest BCUT2D eigenvalue weighted by molar-refractivity contribution is 1.12. The highest BCUT2D eigenvalue weighted by molar-refractivity contribution is 6.08. The number of hydrogen-bond acceptors (Lipinski definition) is 0. The van der Waals surface area contributed by atoms with Crippen LogP contribution in [0.3, 0.4) is 0 Å². The lowest BCUT2D eigenvalue weighted by atomic mass is 9.84. The Balaban J connectivity index is 0.00000177. The topological polar surface area (TPSA) is 0 Å². The van der Waals surface area contributed by atoms with Crippen LogP contribution in [0.25, 0.3) is 99.7 Å².